The van der Waals surface area contributed by atoms with Crippen molar-refractivity contribution in [2.45, 2.75) is 20.8 Å². The van der Waals surface area contributed by atoms with E-state index in [-0.39, 0.29) is 5.71 Å². The van der Waals surface area contributed by atoms with Gasteiger partial charge in [-0.1, -0.05) is 18.2 Å². The normalized spacial score (nSPS) is 12.1. The number of nitrogens with zero attached hydrogens (tertiary/aromatic N) is 1. The quantitative estimate of drug-likeness (QED) is 0.547. The van der Waals surface area contributed by atoms with Gasteiger partial charge in [0.25, 0.3) is 0 Å². The molecule has 0 radical (unpaired) electrons. The van der Waals surface area contributed by atoms with E-state index < -0.39 is 5.41 Å². The van der Waals surface area contributed by atoms with Crippen molar-refractivity contribution >= 4 is 17.3 Å². The number of rotatable bonds is 3. The van der Waals surface area contributed by atoms with E-state index in [0.717, 1.165) is 0 Å². The van der Waals surface area contributed by atoms with E-state index in [9.17, 15) is 0 Å². The van der Waals surface area contributed by atoms with Gasteiger partial charge < -0.3 is 5.41 Å². The molecule has 0 bridgehead atoms. The Hall–Kier alpha value is -1.07. The smallest absolute Gasteiger partial charge is 0.0932 e. The molecule has 0 heterocycles. The summed E-state index contributed by atoms with van der Waals surface area (Å²) in [6, 6.07) is 2.06. The Labute approximate surface area is 84.0 Å². The molecule has 0 saturated carbocycles. The topological polar surface area (TPSA) is 47.6 Å². The average molecular weight is 197 g/mol. The van der Waals surface area contributed by atoms with E-state index in [0.29, 0.717) is 10.6 Å². The summed E-state index contributed by atoms with van der Waals surface area (Å²) in [5, 5.41) is 16.8. The SMILES string of the molecule is C=C(Cl)/C=C(/C)C(=N)C(C)(C)C#N. The van der Waals surface area contributed by atoms with Crippen LogP contribution in [0.2, 0.25) is 0 Å². The summed E-state index contributed by atoms with van der Waals surface area (Å²) in [7, 11) is 0. The Morgan fingerprint density at radius 1 is 1.62 bits per heavy atom. The van der Waals surface area contributed by atoms with Crippen LogP contribution in [0, 0.1) is 22.2 Å². The second kappa shape index (κ2) is 4.25. The van der Waals surface area contributed by atoms with E-state index in [2.05, 4.69) is 12.6 Å². The standard InChI is InChI=1S/C10H13ClN2/c1-7(5-8(2)11)9(13)10(3,4)6-12/h5,13H,2H2,1,3-4H3/b7-5-,13-9?. The van der Waals surface area contributed by atoms with Gasteiger partial charge in [-0.3, -0.25) is 0 Å². The van der Waals surface area contributed by atoms with Crippen molar-refractivity contribution < 1.29 is 0 Å². The van der Waals surface area contributed by atoms with Gasteiger partial charge in [0.05, 0.1) is 17.2 Å². The van der Waals surface area contributed by atoms with Gasteiger partial charge >= 0.3 is 0 Å². The highest BCUT2D eigenvalue weighted by molar-refractivity contribution is 6.31. The van der Waals surface area contributed by atoms with Gasteiger partial charge in [-0.05, 0) is 32.4 Å². The fourth-order valence-corrected chi connectivity index (χ4v) is 1.02. The summed E-state index contributed by atoms with van der Waals surface area (Å²) < 4.78 is 0. The molecule has 0 unspecified atom stereocenters. The molecule has 0 atom stereocenters. The van der Waals surface area contributed by atoms with E-state index in [1.165, 1.54) is 0 Å². The van der Waals surface area contributed by atoms with Crippen LogP contribution in [0.25, 0.3) is 0 Å². The van der Waals surface area contributed by atoms with Crippen LogP contribution in [0.1, 0.15) is 20.8 Å². The number of halogens is 1. The summed E-state index contributed by atoms with van der Waals surface area (Å²) in [5.74, 6) is 0. The second-order valence-electron chi connectivity index (χ2n) is 3.39. The second-order valence-corrected chi connectivity index (χ2v) is 3.87. The summed E-state index contributed by atoms with van der Waals surface area (Å²) in [6.07, 6.45) is 1.59. The van der Waals surface area contributed by atoms with E-state index >= 15 is 0 Å². The first kappa shape index (κ1) is 11.9. The molecule has 0 aliphatic rings. The first-order valence-electron chi connectivity index (χ1n) is 3.84. The number of allylic oxidation sites excluding steroid dienone is 3. The van der Waals surface area contributed by atoms with Gasteiger partial charge in [0.15, 0.2) is 0 Å². The van der Waals surface area contributed by atoms with Gasteiger partial charge in [-0.25, -0.2) is 0 Å². The monoisotopic (exact) mass is 196 g/mol. The molecule has 0 fully saturated rings. The Kier molecular flexibility index (Phi) is 3.90. The molecule has 0 aliphatic heterocycles. The molecule has 2 nitrogen and oxygen atoms in total. The van der Waals surface area contributed by atoms with Crippen molar-refractivity contribution in [2.75, 3.05) is 0 Å². The third kappa shape index (κ3) is 3.43. The summed E-state index contributed by atoms with van der Waals surface area (Å²) in [5.41, 5.74) is 0.177. The highest BCUT2D eigenvalue weighted by Gasteiger charge is 2.23. The van der Waals surface area contributed by atoms with Crippen LogP contribution in [0.4, 0.5) is 0 Å². The Balaban J connectivity index is 4.85. The third-order valence-corrected chi connectivity index (χ3v) is 1.78. The van der Waals surface area contributed by atoms with Gasteiger partial charge in [-0.15, -0.1) is 0 Å². The first-order valence-corrected chi connectivity index (χ1v) is 4.22. The number of hydrogen-bond acceptors (Lipinski definition) is 2. The summed E-state index contributed by atoms with van der Waals surface area (Å²) in [4.78, 5) is 0. The minimum absolute atomic E-state index is 0.275. The lowest BCUT2D eigenvalue weighted by atomic mass is 9.85. The Bertz CT molecular complexity index is 305. The van der Waals surface area contributed by atoms with Gasteiger partial charge in [0, 0.05) is 5.03 Å². The predicted octanol–water partition coefficient (Wildman–Crippen LogP) is 3.25. The van der Waals surface area contributed by atoms with E-state index in [1.54, 1.807) is 26.8 Å². The fourth-order valence-electron chi connectivity index (χ4n) is 0.856. The van der Waals surface area contributed by atoms with Crippen LogP contribution in [0.15, 0.2) is 23.3 Å². The molecule has 0 aromatic rings. The first-order chi connectivity index (χ1) is 5.81. The van der Waals surface area contributed by atoms with Crippen LogP contribution < -0.4 is 0 Å². The van der Waals surface area contributed by atoms with Crippen LogP contribution in [-0.4, -0.2) is 5.71 Å². The minimum Gasteiger partial charge on any atom is -0.303 e. The Morgan fingerprint density at radius 3 is 2.38 bits per heavy atom. The molecule has 0 saturated heterocycles. The largest absolute Gasteiger partial charge is 0.303 e. The molecule has 0 spiro atoms. The summed E-state index contributed by atoms with van der Waals surface area (Å²) >= 11 is 5.56. The third-order valence-electron chi connectivity index (χ3n) is 1.67. The average Bonchev–Trinajstić information content (AvgIpc) is 2.01. The number of nitrogens with one attached hydrogen (secondary N) is 1. The zero-order chi connectivity index (χ0) is 10.6. The maximum absolute atomic E-state index is 8.77. The van der Waals surface area contributed by atoms with Crippen molar-refractivity contribution in [3.8, 4) is 6.07 Å². The zero-order valence-electron chi connectivity index (χ0n) is 8.11. The van der Waals surface area contributed by atoms with Gasteiger partial charge in [0.1, 0.15) is 0 Å². The molecule has 3 heteroatoms. The van der Waals surface area contributed by atoms with Gasteiger partial charge in [-0.2, -0.15) is 5.26 Å². The van der Waals surface area contributed by atoms with E-state index in [4.69, 9.17) is 22.3 Å². The molecule has 0 aromatic heterocycles. The molecule has 1 N–H and O–H groups in total. The van der Waals surface area contributed by atoms with Crippen LogP contribution in [-0.2, 0) is 0 Å². The van der Waals surface area contributed by atoms with Crippen molar-refractivity contribution in [2.24, 2.45) is 5.41 Å². The number of hydrogen-bond donors (Lipinski definition) is 1. The molecular formula is C10H13ClN2. The molecule has 70 valence electrons. The van der Waals surface area contributed by atoms with E-state index in [1.807, 2.05) is 0 Å². The van der Waals surface area contributed by atoms with Crippen molar-refractivity contribution in [1.82, 2.24) is 0 Å². The van der Waals surface area contributed by atoms with Crippen molar-refractivity contribution in [3.63, 3.8) is 0 Å². The highest BCUT2D eigenvalue weighted by Crippen LogP contribution is 2.21. The molecule has 0 rings (SSSR count). The maximum Gasteiger partial charge on any atom is 0.0932 e. The fraction of sp³-hybridized carbons (Fsp3) is 0.400. The maximum atomic E-state index is 8.77. The van der Waals surface area contributed by atoms with Crippen molar-refractivity contribution in [1.29, 1.82) is 10.7 Å². The Morgan fingerprint density at radius 2 is 2.08 bits per heavy atom. The molecule has 0 amide bonds. The predicted molar refractivity (Wildman–Crippen MR) is 55.9 cm³/mol. The number of nitriles is 1. The molecule has 13 heavy (non-hydrogen) atoms. The molecule has 0 aliphatic carbocycles. The molecular weight excluding hydrogens is 184 g/mol. The van der Waals surface area contributed by atoms with Crippen LogP contribution >= 0.6 is 11.6 Å². The lowest BCUT2D eigenvalue weighted by Gasteiger charge is -2.16. The van der Waals surface area contributed by atoms with Gasteiger partial charge in [0.2, 0.25) is 0 Å². The molecule has 0 aromatic carbocycles. The lowest BCUT2D eigenvalue weighted by Crippen LogP contribution is -2.22. The van der Waals surface area contributed by atoms with Crippen LogP contribution in [0.3, 0.4) is 0 Å². The highest BCUT2D eigenvalue weighted by atomic mass is 35.5. The lowest BCUT2D eigenvalue weighted by molar-refractivity contribution is 0.688. The summed E-state index contributed by atoms with van der Waals surface area (Å²) in [6.45, 7) is 8.64. The van der Waals surface area contributed by atoms with Crippen LogP contribution in [0.5, 0.6) is 0 Å². The zero-order valence-corrected chi connectivity index (χ0v) is 8.87. The minimum atomic E-state index is -0.771. The van der Waals surface area contributed by atoms with Crippen molar-refractivity contribution in [3.05, 3.63) is 23.3 Å².